The monoisotopic (exact) mass is 414 g/mol. The van der Waals surface area contributed by atoms with Gasteiger partial charge < -0.3 is 14.0 Å². The zero-order valence-electron chi connectivity index (χ0n) is 20.1. The fourth-order valence-corrected chi connectivity index (χ4v) is 6.57. The Balaban J connectivity index is 2.96. The summed E-state index contributed by atoms with van der Waals surface area (Å²) >= 11 is 0. The summed E-state index contributed by atoms with van der Waals surface area (Å²) in [6, 6.07) is 0. The number of rotatable bonds is 6. The molecule has 0 aromatic carbocycles. The third kappa shape index (κ3) is 6.26. The van der Waals surface area contributed by atoms with Crippen LogP contribution in [0.3, 0.4) is 0 Å². The molecule has 0 aromatic rings. The highest BCUT2D eigenvalue weighted by atomic mass is 28.4. The minimum atomic E-state index is -1.81. The molecule has 0 heterocycles. The van der Waals surface area contributed by atoms with Crippen molar-refractivity contribution in [2.75, 3.05) is 0 Å². The van der Waals surface area contributed by atoms with Gasteiger partial charge in [-0.15, -0.1) is 0 Å². The molecule has 0 saturated heterocycles. The van der Waals surface area contributed by atoms with Gasteiger partial charge in [-0.05, 0) is 68.9 Å². The molecule has 1 rings (SSSR count). The van der Waals surface area contributed by atoms with Crippen molar-refractivity contribution in [1.29, 1.82) is 0 Å². The molecule has 1 aliphatic rings. The van der Waals surface area contributed by atoms with Crippen LogP contribution in [0.1, 0.15) is 61.3 Å². The molecule has 1 N–H and O–H groups in total. The summed E-state index contributed by atoms with van der Waals surface area (Å²) < 4.78 is 12.8. The first-order valence-corrected chi connectivity index (χ1v) is 16.9. The normalized spacial score (nSPS) is 31.3. The molecule has 27 heavy (non-hydrogen) atoms. The molecule has 3 nitrogen and oxygen atoms in total. The van der Waals surface area contributed by atoms with Crippen LogP contribution >= 0.6 is 0 Å². The topological polar surface area (TPSA) is 38.7 Å². The van der Waals surface area contributed by atoms with Gasteiger partial charge in [0.2, 0.25) is 0 Å². The maximum atomic E-state index is 11.6. The van der Waals surface area contributed by atoms with Crippen molar-refractivity contribution >= 4 is 16.6 Å². The van der Waals surface area contributed by atoms with Crippen LogP contribution in [0, 0.1) is 11.3 Å². The quantitative estimate of drug-likeness (QED) is 0.406. The Labute approximate surface area is 171 Å². The highest BCUT2D eigenvalue weighted by molar-refractivity contribution is 6.74. The first-order valence-electron chi connectivity index (χ1n) is 10.6. The van der Waals surface area contributed by atoms with E-state index in [0.717, 1.165) is 12.8 Å². The van der Waals surface area contributed by atoms with Crippen LogP contribution in [-0.2, 0) is 8.85 Å². The maximum absolute atomic E-state index is 11.6. The Hall–Kier alpha value is 0.0538. The summed E-state index contributed by atoms with van der Waals surface area (Å²) in [6.45, 7) is 26.7. The molecule has 160 valence electrons. The van der Waals surface area contributed by atoms with Crippen LogP contribution in [0.25, 0.3) is 0 Å². The number of hydrogen-bond acceptors (Lipinski definition) is 3. The largest absolute Gasteiger partial charge is 0.414 e. The van der Waals surface area contributed by atoms with Gasteiger partial charge in [-0.25, -0.2) is 0 Å². The van der Waals surface area contributed by atoms with Gasteiger partial charge in [-0.1, -0.05) is 53.7 Å². The first kappa shape index (κ1) is 25.1. The van der Waals surface area contributed by atoms with Gasteiger partial charge in [0.25, 0.3) is 0 Å². The van der Waals surface area contributed by atoms with Gasteiger partial charge in [-0.3, -0.25) is 0 Å². The second kappa shape index (κ2) is 8.06. The molecular weight excluding hydrogens is 368 g/mol. The third-order valence-electron chi connectivity index (χ3n) is 6.62. The molecule has 0 aromatic heterocycles. The lowest BCUT2D eigenvalue weighted by Crippen LogP contribution is -2.57. The van der Waals surface area contributed by atoms with Crippen molar-refractivity contribution in [3.63, 3.8) is 0 Å². The molecule has 0 bridgehead atoms. The van der Waals surface area contributed by atoms with E-state index >= 15 is 0 Å². The SMILES string of the molecule is CC(/C=C/[C@@]1(O)[C@H](C)C[C@H](O[Si](C)(C)C(C)(C)C)CC1(C)C)O[Si](C)(C)C. The Morgan fingerprint density at radius 1 is 1.11 bits per heavy atom. The highest BCUT2D eigenvalue weighted by Gasteiger charge is 2.52. The molecule has 0 spiro atoms. The lowest BCUT2D eigenvalue weighted by atomic mass is 9.60. The van der Waals surface area contributed by atoms with Crippen molar-refractivity contribution in [3.05, 3.63) is 12.2 Å². The molecule has 1 saturated carbocycles. The summed E-state index contributed by atoms with van der Waals surface area (Å²) in [5.74, 6) is 0.145. The van der Waals surface area contributed by atoms with Crippen LogP contribution in [-0.4, -0.2) is 39.6 Å². The van der Waals surface area contributed by atoms with Crippen LogP contribution in [0.2, 0.25) is 37.8 Å². The number of aliphatic hydroxyl groups is 1. The summed E-state index contributed by atoms with van der Waals surface area (Å²) in [4.78, 5) is 0. The zero-order chi connectivity index (χ0) is 21.5. The van der Waals surface area contributed by atoms with E-state index in [-0.39, 0.29) is 28.6 Å². The predicted octanol–water partition coefficient (Wildman–Crippen LogP) is 6.36. The summed E-state index contributed by atoms with van der Waals surface area (Å²) in [5, 5.41) is 11.8. The Morgan fingerprint density at radius 3 is 2.04 bits per heavy atom. The average molecular weight is 415 g/mol. The van der Waals surface area contributed by atoms with Crippen molar-refractivity contribution in [3.8, 4) is 0 Å². The van der Waals surface area contributed by atoms with E-state index in [1.54, 1.807) is 0 Å². The molecule has 0 radical (unpaired) electrons. The Morgan fingerprint density at radius 2 is 1.63 bits per heavy atom. The lowest BCUT2D eigenvalue weighted by Gasteiger charge is -2.53. The van der Waals surface area contributed by atoms with E-state index in [4.69, 9.17) is 8.85 Å². The highest BCUT2D eigenvalue weighted by Crippen LogP contribution is 2.50. The lowest BCUT2D eigenvalue weighted by molar-refractivity contribution is -0.125. The van der Waals surface area contributed by atoms with Crippen molar-refractivity contribution in [2.45, 2.75) is 117 Å². The summed E-state index contributed by atoms with van der Waals surface area (Å²) in [5.41, 5.74) is -1.08. The molecule has 0 aliphatic heterocycles. The second-order valence-electron chi connectivity index (χ2n) is 11.8. The molecule has 0 amide bonds. The van der Waals surface area contributed by atoms with Gasteiger partial charge in [0.1, 0.15) is 0 Å². The summed E-state index contributed by atoms with van der Waals surface area (Å²) in [7, 11) is -3.40. The molecule has 1 aliphatic carbocycles. The average Bonchev–Trinajstić information content (AvgIpc) is 2.38. The van der Waals surface area contributed by atoms with Crippen molar-refractivity contribution < 1.29 is 14.0 Å². The molecule has 1 unspecified atom stereocenters. The second-order valence-corrected chi connectivity index (χ2v) is 21.1. The van der Waals surface area contributed by atoms with Crippen LogP contribution in [0.5, 0.6) is 0 Å². The minimum Gasteiger partial charge on any atom is -0.414 e. The van der Waals surface area contributed by atoms with Gasteiger partial charge in [0.15, 0.2) is 16.6 Å². The van der Waals surface area contributed by atoms with E-state index in [2.05, 4.69) is 87.3 Å². The van der Waals surface area contributed by atoms with Crippen LogP contribution in [0.15, 0.2) is 12.2 Å². The minimum absolute atomic E-state index is 0.0323. The fraction of sp³-hybridized carbons (Fsp3) is 0.909. The predicted molar refractivity (Wildman–Crippen MR) is 122 cm³/mol. The standard InChI is InChI=1S/C22H46O3Si2/c1-17-15-19(25-27(11,12)20(3,4)5)16-21(6,7)22(17,23)14-13-18(2)24-26(8,9)10/h13-14,17-19,23H,15-16H2,1-12H3/b14-13+/t17-,18?,19+,22-/m1/s1. The number of hydrogen-bond donors (Lipinski definition) is 1. The van der Waals surface area contributed by atoms with E-state index < -0.39 is 22.2 Å². The van der Waals surface area contributed by atoms with Crippen LogP contribution < -0.4 is 0 Å². The molecule has 5 heteroatoms. The van der Waals surface area contributed by atoms with Gasteiger partial charge >= 0.3 is 0 Å². The van der Waals surface area contributed by atoms with Crippen LogP contribution in [0.4, 0.5) is 0 Å². The van der Waals surface area contributed by atoms with E-state index in [9.17, 15) is 5.11 Å². The zero-order valence-corrected chi connectivity index (χ0v) is 22.1. The maximum Gasteiger partial charge on any atom is 0.192 e. The molecule has 1 fully saturated rings. The smallest absolute Gasteiger partial charge is 0.192 e. The van der Waals surface area contributed by atoms with Crippen molar-refractivity contribution in [1.82, 2.24) is 0 Å². The van der Waals surface area contributed by atoms with E-state index in [0.29, 0.717) is 0 Å². The Bertz CT molecular complexity index is 529. The van der Waals surface area contributed by atoms with E-state index in [1.165, 1.54) is 0 Å². The first-order chi connectivity index (χ1) is 11.8. The van der Waals surface area contributed by atoms with E-state index in [1.807, 2.05) is 6.08 Å². The van der Waals surface area contributed by atoms with Gasteiger partial charge in [-0.2, -0.15) is 0 Å². The van der Waals surface area contributed by atoms with Gasteiger partial charge in [0, 0.05) is 6.10 Å². The fourth-order valence-electron chi connectivity index (χ4n) is 4.01. The molecule has 4 atom stereocenters. The third-order valence-corrected chi connectivity index (χ3v) is 12.2. The Kier molecular flexibility index (Phi) is 7.49. The van der Waals surface area contributed by atoms with Gasteiger partial charge in [0.05, 0.1) is 11.7 Å². The molecular formula is C22H46O3Si2. The summed E-state index contributed by atoms with van der Waals surface area (Å²) in [6.07, 6.45) is 6.12. The van der Waals surface area contributed by atoms with Crippen molar-refractivity contribution in [2.24, 2.45) is 11.3 Å².